The van der Waals surface area contributed by atoms with E-state index in [-0.39, 0.29) is 5.75 Å². The Labute approximate surface area is 114 Å². The number of hydrogen-bond acceptors (Lipinski definition) is 5. The molecule has 0 aliphatic heterocycles. The highest BCUT2D eigenvalue weighted by atomic mass is 16.5. The summed E-state index contributed by atoms with van der Waals surface area (Å²) in [5.74, 6) is 0.723. The van der Waals surface area contributed by atoms with Gasteiger partial charge in [-0.25, -0.2) is 0 Å². The van der Waals surface area contributed by atoms with Crippen LogP contribution in [0.2, 0.25) is 0 Å². The smallest absolute Gasteiger partial charge is 0.200 e. The lowest BCUT2D eigenvalue weighted by atomic mass is 9.98. The van der Waals surface area contributed by atoms with Crippen LogP contribution >= 0.6 is 0 Å². The summed E-state index contributed by atoms with van der Waals surface area (Å²) in [6.45, 7) is 6.12. The maximum absolute atomic E-state index is 9.82. The highest BCUT2D eigenvalue weighted by molar-refractivity contribution is 5.52. The molecular formula is C14H23NO4. The van der Waals surface area contributed by atoms with E-state index in [9.17, 15) is 10.2 Å². The average molecular weight is 269 g/mol. The zero-order chi connectivity index (χ0) is 14.6. The minimum Gasteiger partial charge on any atom is -0.502 e. The van der Waals surface area contributed by atoms with Crippen LogP contribution in [-0.2, 0) is 6.54 Å². The van der Waals surface area contributed by atoms with Crippen LogP contribution in [0.3, 0.4) is 0 Å². The molecule has 0 radical (unpaired) electrons. The number of benzene rings is 1. The molecule has 0 aliphatic carbocycles. The Balaban J connectivity index is 2.90. The maximum Gasteiger partial charge on any atom is 0.200 e. The molecule has 0 fully saturated rings. The number of rotatable bonds is 6. The van der Waals surface area contributed by atoms with E-state index in [2.05, 4.69) is 5.32 Å². The van der Waals surface area contributed by atoms with Crippen LogP contribution in [0.1, 0.15) is 26.3 Å². The van der Waals surface area contributed by atoms with Crippen molar-refractivity contribution in [1.29, 1.82) is 0 Å². The van der Waals surface area contributed by atoms with Gasteiger partial charge in [0.1, 0.15) is 0 Å². The second kappa shape index (κ2) is 6.12. The summed E-state index contributed by atoms with van der Waals surface area (Å²) in [5.41, 5.74) is 0.499. The van der Waals surface area contributed by atoms with Gasteiger partial charge >= 0.3 is 0 Å². The largest absolute Gasteiger partial charge is 0.502 e. The fourth-order valence-electron chi connectivity index (χ4n) is 1.53. The predicted octanol–water partition coefficient (Wildman–Crippen LogP) is 1.66. The number of nitrogens with one attached hydrogen (secondary N) is 1. The third kappa shape index (κ3) is 3.75. The molecule has 0 amide bonds. The molecule has 0 aliphatic rings. The van der Waals surface area contributed by atoms with Crippen LogP contribution in [-0.4, -0.2) is 36.1 Å². The fraction of sp³-hybridized carbons (Fsp3) is 0.571. The van der Waals surface area contributed by atoms with Crippen molar-refractivity contribution < 1.29 is 19.7 Å². The van der Waals surface area contributed by atoms with Crippen molar-refractivity contribution >= 4 is 0 Å². The van der Waals surface area contributed by atoms with Crippen LogP contribution in [0.15, 0.2) is 12.1 Å². The SMILES string of the molecule is COc1cc(CNC(C)(C)C(C)O)cc(OC)c1O. The van der Waals surface area contributed by atoms with Gasteiger partial charge in [0.15, 0.2) is 11.5 Å². The molecule has 1 aromatic rings. The summed E-state index contributed by atoms with van der Waals surface area (Å²) in [6.07, 6.45) is -0.478. The number of aliphatic hydroxyl groups is 1. The molecule has 108 valence electrons. The molecule has 0 aromatic heterocycles. The van der Waals surface area contributed by atoms with E-state index in [0.717, 1.165) is 5.56 Å². The van der Waals surface area contributed by atoms with Crippen LogP contribution < -0.4 is 14.8 Å². The monoisotopic (exact) mass is 269 g/mol. The van der Waals surface area contributed by atoms with Crippen LogP contribution in [0, 0.1) is 0 Å². The lowest BCUT2D eigenvalue weighted by molar-refractivity contribution is 0.0956. The van der Waals surface area contributed by atoms with Gasteiger partial charge in [0.2, 0.25) is 5.75 Å². The van der Waals surface area contributed by atoms with Crippen LogP contribution in [0.4, 0.5) is 0 Å². The highest BCUT2D eigenvalue weighted by Crippen LogP contribution is 2.37. The summed E-state index contributed by atoms with van der Waals surface area (Å²) in [6, 6.07) is 3.48. The molecule has 0 saturated heterocycles. The Morgan fingerprint density at radius 1 is 1.21 bits per heavy atom. The second-order valence-corrected chi connectivity index (χ2v) is 5.10. The molecule has 5 heteroatoms. The molecule has 0 spiro atoms. The molecule has 0 heterocycles. The minimum absolute atomic E-state index is 0.0106. The van der Waals surface area contributed by atoms with Crippen LogP contribution in [0.25, 0.3) is 0 Å². The molecule has 1 unspecified atom stereocenters. The van der Waals surface area contributed by atoms with Gasteiger partial charge in [-0.15, -0.1) is 0 Å². The van der Waals surface area contributed by atoms with E-state index in [0.29, 0.717) is 18.0 Å². The number of methoxy groups -OCH3 is 2. The number of hydrogen-bond donors (Lipinski definition) is 3. The van der Waals surface area contributed by atoms with E-state index >= 15 is 0 Å². The summed E-state index contributed by atoms with van der Waals surface area (Å²) >= 11 is 0. The molecule has 19 heavy (non-hydrogen) atoms. The van der Waals surface area contributed by atoms with E-state index in [1.807, 2.05) is 13.8 Å². The molecule has 1 atom stereocenters. The van der Waals surface area contributed by atoms with E-state index in [1.165, 1.54) is 14.2 Å². The summed E-state index contributed by atoms with van der Waals surface area (Å²) < 4.78 is 10.2. The molecule has 5 nitrogen and oxygen atoms in total. The Morgan fingerprint density at radius 2 is 1.68 bits per heavy atom. The van der Waals surface area contributed by atoms with E-state index in [1.54, 1.807) is 19.1 Å². The van der Waals surface area contributed by atoms with Gasteiger partial charge in [-0.05, 0) is 38.5 Å². The third-order valence-electron chi connectivity index (χ3n) is 3.33. The summed E-state index contributed by atoms with van der Waals surface area (Å²) in [7, 11) is 2.98. The molecular weight excluding hydrogens is 246 g/mol. The summed E-state index contributed by atoms with van der Waals surface area (Å²) in [4.78, 5) is 0. The van der Waals surface area contributed by atoms with Crippen molar-refractivity contribution in [2.45, 2.75) is 39.0 Å². The zero-order valence-corrected chi connectivity index (χ0v) is 12.2. The van der Waals surface area contributed by atoms with Crippen molar-refractivity contribution in [1.82, 2.24) is 5.32 Å². The van der Waals surface area contributed by atoms with E-state index < -0.39 is 11.6 Å². The fourth-order valence-corrected chi connectivity index (χ4v) is 1.53. The topological polar surface area (TPSA) is 71.0 Å². The van der Waals surface area contributed by atoms with Crippen LogP contribution in [0.5, 0.6) is 17.2 Å². The quantitative estimate of drug-likeness (QED) is 0.732. The number of phenolic OH excluding ortho intramolecular Hbond substituents is 1. The van der Waals surface area contributed by atoms with Crippen molar-refractivity contribution in [2.75, 3.05) is 14.2 Å². The van der Waals surface area contributed by atoms with Crippen molar-refractivity contribution in [2.24, 2.45) is 0 Å². The second-order valence-electron chi connectivity index (χ2n) is 5.10. The molecule has 1 aromatic carbocycles. The normalized spacial score (nSPS) is 13.2. The molecule has 1 rings (SSSR count). The molecule has 0 bridgehead atoms. The Bertz CT molecular complexity index is 404. The van der Waals surface area contributed by atoms with E-state index in [4.69, 9.17) is 9.47 Å². The first kappa shape index (κ1) is 15.6. The van der Waals surface area contributed by atoms with Crippen molar-refractivity contribution in [3.8, 4) is 17.2 Å². The Kier molecular flexibility index (Phi) is 5.03. The number of phenols is 1. The van der Waals surface area contributed by atoms with Gasteiger partial charge < -0.3 is 25.0 Å². The van der Waals surface area contributed by atoms with Gasteiger partial charge in [0.05, 0.1) is 20.3 Å². The molecule has 3 N–H and O–H groups in total. The number of aromatic hydroxyl groups is 1. The Hall–Kier alpha value is -1.46. The lowest BCUT2D eigenvalue weighted by Crippen LogP contribution is -2.47. The van der Waals surface area contributed by atoms with Gasteiger partial charge in [-0.1, -0.05) is 0 Å². The standard InChI is InChI=1S/C14H23NO4/c1-9(16)14(2,3)15-8-10-6-11(18-4)13(17)12(7-10)19-5/h6-7,9,15-17H,8H2,1-5H3. The first-order valence-electron chi connectivity index (χ1n) is 6.18. The summed E-state index contributed by atoms with van der Waals surface area (Å²) in [5, 5.41) is 22.7. The van der Waals surface area contributed by atoms with Gasteiger partial charge in [-0.3, -0.25) is 0 Å². The van der Waals surface area contributed by atoms with Gasteiger partial charge in [0, 0.05) is 12.1 Å². The minimum atomic E-state index is -0.478. The van der Waals surface area contributed by atoms with Crippen molar-refractivity contribution in [3.63, 3.8) is 0 Å². The molecule has 0 saturated carbocycles. The first-order valence-corrected chi connectivity index (χ1v) is 6.18. The lowest BCUT2D eigenvalue weighted by Gasteiger charge is -2.29. The Morgan fingerprint density at radius 3 is 2.05 bits per heavy atom. The van der Waals surface area contributed by atoms with Crippen molar-refractivity contribution in [3.05, 3.63) is 17.7 Å². The zero-order valence-electron chi connectivity index (χ0n) is 12.2. The third-order valence-corrected chi connectivity index (χ3v) is 3.33. The van der Waals surface area contributed by atoms with Gasteiger partial charge in [0.25, 0.3) is 0 Å². The maximum atomic E-state index is 9.82. The number of aliphatic hydroxyl groups excluding tert-OH is 1. The number of ether oxygens (including phenoxy) is 2. The van der Waals surface area contributed by atoms with Gasteiger partial charge in [-0.2, -0.15) is 0 Å². The predicted molar refractivity (Wildman–Crippen MR) is 73.8 cm³/mol. The highest BCUT2D eigenvalue weighted by Gasteiger charge is 2.23. The average Bonchev–Trinajstić information content (AvgIpc) is 2.37. The first-order chi connectivity index (χ1) is 8.81.